The molecule has 3 nitrogen and oxygen atoms in total. The number of hydrogen-bond donors (Lipinski definition) is 1. The minimum atomic E-state index is -0.549. The van der Waals surface area contributed by atoms with E-state index in [-0.39, 0.29) is 10.0 Å². The fourth-order valence-corrected chi connectivity index (χ4v) is 1.31. The average Bonchev–Trinajstić information content (AvgIpc) is 2.08. The van der Waals surface area contributed by atoms with E-state index in [4.69, 9.17) is 0 Å². The number of hydrogen-bond acceptors (Lipinski definition) is 2. The van der Waals surface area contributed by atoms with Crippen LogP contribution in [0.4, 0.5) is 4.39 Å². The summed E-state index contributed by atoms with van der Waals surface area (Å²) in [5.41, 5.74) is 2.48. The van der Waals surface area contributed by atoms with Crippen LogP contribution >= 0.6 is 15.9 Å². The lowest BCUT2D eigenvalue weighted by molar-refractivity contribution is 0.0852. The topological polar surface area (TPSA) is 32.3 Å². The van der Waals surface area contributed by atoms with Gasteiger partial charge in [0.25, 0.3) is 5.91 Å². The van der Waals surface area contributed by atoms with Crippen LogP contribution in [-0.2, 0) is 0 Å². The fraction of sp³-hybridized carbons (Fsp3) is 0.222. The minimum Gasteiger partial charge on any atom is -0.285 e. The normalized spacial score (nSPS) is 10.4. The molecular formula is C9H10BrFN2O. The van der Waals surface area contributed by atoms with Gasteiger partial charge in [-0.1, -0.05) is 6.07 Å². The van der Waals surface area contributed by atoms with Crippen molar-refractivity contribution < 1.29 is 9.18 Å². The summed E-state index contributed by atoms with van der Waals surface area (Å²) in [7, 11) is 3.32. The van der Waals surface area contributed by atoms with Crippen LogP contribution in [0.2, 0.25) is 0 Å². The van der Waals surface area contributed by atoms with E-state index in [1.807, 2.05) is 0 Å². The Labute approximate surface area is 90.0 Å². The van der Waals surface area contributed by atoms with Crippen molar-refractivity contribution in [3.05, 3.63) is 34.1 Å². The highest BCUT2D eigenvalue weighted by atomic mass is 79.9. The summed E-state index contributed by atoms with van der Waals surface area (Å²) in [6.45, 7) is 0. The molecule has 0 aliphatic carbocycles. The number of carbonyl (C=O) groups excluding carboxylic acids is 1. The standard InChI is InChI=1S/C9H10BrFN2O/c1-13(2)12-9(14)6-4-3-5-7(10)8(6)11/h3-5H,1-2H3,(H,12,14). The largest absolute Gasteiger partial charge is 0.285 e. The first-order valence-electron chi connectivity index (χ1n) is 3.94. The summed E-state index contributed by atoms with van der Waals surface area (Å²) in [4.78, 5) is 11.4. The maximum absolute atomic E-state index is 13.4. The molecule has 14 heavy (non-hydrogen) atoms. The van der Waals surface area contributed by atoms with Crippen molar-refractivity contribution >= 4 is 21.8 Å². The molecule has 1 N–H and O–H groups in total. The molecule has 1 aromatic carbocycles. The molecule has 0 atom stereocenters. The van der Waals surface area contributed by atoms with Gasteiger partial charge in [-0.3, -0.25) is 10.2 Å². The van der Waals surface area contributed by atoms with Crippen LogP contribution in [0.15, 0.2) is 22.7 Å². The molecule has 0 aromatic heterocycles. The van der Waals surface area contributed by atoms with Crippen LogP contribution < -0.4 is 5.43 Å². The first kappa shape index (κ1) is 11.1. The zero-order valence-corrected chi connectivity index (χ0v) is 9.43. The Morgan fingerprint density at radius 2 is 2.14 bits per heavy atom. The SMILES string of the molecule is CN(C)NC(=O)c1cccc(Br)c1F. The Balaban J connectivity index is 2.96. The van der Waals surface area contributed by atoms with Crippen LogP contribution in [0.25, 0.3) is 0 Å². The molecule has 0 spiro atoms. The zero-order valence-electron chi connectivity index (χ0n) is 7.84. The summed E-state index contributed by atoms with van der Waals surface area (Å²) in [6, 6.07) is 4.58. The molecule has 0 aliphatic heterocycles. The molecule has 1 amide bonds. The van der Waals surface area contributed by atoms with Crippen LogP contribution in [0, 0.1) is 5.82 Å². The molecule has 0 aliphatic rings. The Morgan fingerprint density at radius 3 is 2.71 bits per heavy atom. The molecule has 0 saturated heterocycles. The number of nitrogens with one attached hydrogen (secondary N) is 1. The third-order valence-corrected chi connectivity index (χ3v) is 2.13. The predicted octanol–water partition coefficient (Wildman–Crippen LogP) is 1.79. The molecule has 76 valence electrons. The second kappa shape index (κ2) is 4.52. The van der Waals surface area contributed by atoms with Gasteiger partial charge in [0.15, 0.2) is 0 Å². The first-order valence-corrected chi connectivity index (χ1v) is 4.74. The molecule has 0 unspecified atom stereocenters. The minimum absolute atomic E-state index is 0.0214. The van der Waals surface area contributed by atoms with E-state index in [0.29, 0.717) is 0 Å². The van der Waals surface area contributed by atoms with Crippen molar-refractivity contribution in [3.63, 3.8) is 0 Å². The highest BCUT2D eigenvalue weighted by Crippen LogP contribution is 2.18. The lowest BCUT2D eigenvalue weighted by Crippen LogP contribution is -2.36. The molecule has 0 heterocycles. The van der Waals surface area contributed by atoms with Gasteiger partial charge in [0, 0.05) is 14.1 Å². The molecule has 0 fully saturated rings. The van der Waals surface area contributed by atoms with E-state index in [2.05, 4.69) is 21.4 Å². The Hall–Kier alpha value is -0.940. The van der Waals surface area contributed by atoms with E-state index in [1.165, 1.54) is 11.1 Å². The van der Waals surface area contributed by atoms with Gasteiger partial charge >= 0.3 is 0 Å². The summed E-state index contributed by atoms with van der Waals surface area (Å²) in [5, 5.41) is 1.46. The summed E-state index contributed by atoms with van der Waals surface area (Å²) in [5.74, 6) is -1.01. The summed E-state index contributed by atoms with van der Waals surface area (Å²) in [6.07, 6.45) is 0. The smallest absolute Gasteiger partial charge is 0.268 e. The molecule has 1 rings (SSSR count). The Bertz CT molecular complexity index is 355. The van der Waals surface area contributed by atoms with Crippen LogP contribution in [0.1, 0.15) is 10.4 Å². The third-order valence-electron chi connectivity index (χ3n) is 1.52. The average molecular weight is 261 g/mol. The van der Waals surface area contributed by atoms with Crippen molar-refractivity contribution in [2.45, 2.75) is 0 Å². The molecule has 0 bridgehead atoms. The third kappa shape index (κ3) is 2.52. The number of halogens is 2. The van der Waals surface area contributed by atoms with Crippen LogP contribution in [0.5, 0.6) is 0 Å². The van der Waals surface area contributed by atoms with Crippen molar-refractivity contribution in [1.29, 1.82) is 0 Å². The quantitative estimate of drug-likeness (QED) is 0.823. The van der Waals surface area contributed by atoms with Gasteiger partial charge < -0.3 is 0 Å². The van der Waals surface area contributed by atoms with E-state index in [9.17, 15) is 9.18 Å². The van der Waals surface area contributed by atoms with Gasteiger partial charge in [-0.05, 0) is 28.1 Å². The van der Waals surface area contributed by atoms with Crippen molar-refractivity contribution in [3.8, 4) is 0 Å². The van der Waals surface area contributed by atoms with Crippen LogP contribution in [0.3, 0.4) is 0 Å². The lowest BCUT2D eigenvalue weighted by Gasteiger charge is -2.12. The molecule has 5 heteroatoms. The number of amides is 1. The monoisotopic (exact) mass is 260 g/mol. The Morgan fingerprint density at radius 1 is 1.50 bits per heavy atom. The maximum atomic E-state index is 13.4. The van der Waals surface area contributed by atoms with E-state index >= 15 is 0 Å². The fourth-order valence-electron chi connectivity index (χ4n) is 0.942. The van der Waals surface area contributed by atoms with Crippen molar-refractivity contribution in [1.82, 2.24) is 10.4 Å². The summed E-state index contributed by atoms with van der Waals surface area (Å²) >= 11 is 3.01. The number of nitrogens with zero attached hydrogens (tertiary/aromatic N) is 1. The first-order chi connectivity index (χ1) is 6.52. The highest BCUT2D eigenvalue weighted by molar-refractivity contribution is 9.10. The zero-order chi connectivity index (χ0) is 10.7. The number of benzene rings is 1. The van der Waals surface area contributed by atoms with Gasteiger partial charge in [-0.2, -0.15) is 0 Å². The van der Waals surface area contributed by atoms with Gasteiger partial charge in [-0.15, -0.1) is 0 Å². The second-order valence-electron chi connectivity index (χ2n) is 2.94. The second-order valence-corrected chi connectivity index (χ2v) is 3.79. The molecule has 1 aromatic rings. The lowest BCUT2D eigenvalue weighted by atomic mass is 10.2. The van der Waals surface area contributed by atoms with Gasteiger partial charge in [-0.25, -0.2) is 9.40 Å². The van der Waals surface area contributed by atoms with Gasteiger partial charge in [0.05, 0.1) is 10.0 Å². The molecule has 0 saturated carbocycles. The number of hydrazine groups is 1. The van der Waals surface area contributed by atoms with Gasteiger partial charge in [0.1, 0.15) is 5.82 Å². The Kier molecular flexibility index (Phi) is 3.60. The van der Waals surface area contributed by atoms with Crippen molar-refractivity contribution in [2.75, 3.05) is 14.1 Å². The van der Waals surface area contributed by atoms with E-state index in [0.717, 1.165) is 0 Å². The van der Waals surface area contributed by atoms with E-state index < -0.39 is 11.7 Å². The van der Waals surface area contributed by atoms with Crippen molar-refractivity contribution in [2.24, 2.45) is 0 Å². The predicted molar refractivity (Wildman–Crippen MR) is 55.3 cm³/mol. The van der Waals surface area contributed by atoms with E-state index in [1.54, 1.807) is 26.2 Å². The van der Waals surface area contributed by atoms with Gasteiger partial charge in [0.2, 0.25) is 0 Å². The summed E-state index contributed by atoms with van der Waals surface area (Å²) < 4.78 is 13.7. The van der Waals surface area contributed by atoms with Crippen LogP contribution in [-0.4, -0.2) is 25.0 Å². The molecule has 0 radical (unpaired) electrons. The molecular weight excluding hydrogens is 251 g/mol. The number of carbonyl (C=O) groups is 1. The number of rotatable bonds is 2. The highest BCUT2D eigenvalue weighted by Gasteiger charge is 2.13. The maximum Gasteiger partial charge on any atom is 0.268 e.